The third-order valence-electron chi connectivity index (χ3n) is 3.97. The normalized spacial score (nSPS) is 13.2. The van der Waals surface area contributed by atoms with Crippen molar-refractivity contribution in [3.8, 4) is 0 Å². The Hall–Kier alpha value is -2.44. The number of nitrogens with zero attached hydrogens (tertiary/aromatic N) is 6. The molecule has 3 heterocycles. The highest BCUT2D eigenvalue weighted by Crippen LogP contribution is 2.26. The lowest BCUT2D eigenvalue weighted by atomic mass is 10.0. The first-order valence-electron chi connectivity index (χ1n) is 7.92. The van der Waals surface area contributed by atoms with E-state index in [0.29, 0.717) is 11.8 Å². The summed E-state index contributed by atoms with van der Waals surface area (Å²) >= 11 is 0. The highest BCUT2D eigenvalue weighted by atomic mass is 15.3. The fraction of sp³-hybridized carbons (Fsp3) is 0.500. The first-order chi connectivity index (χ1) is 11.0. The zero-order chi connectivity index (χ0) is 16.6. The Labute approximate surface area is 135 Å². The van der Waals surface area contributed by atoms with Crippen LogP contribution >= 0.6 is 0 Å². The Morgan fingerprint density at radius 3 is 2.52 bits per heavy atom. The Morgan fingerprint density at radius 2 is 1.91 bits per heavy atom. The molecule has 0 fully saturated rings. The molecule has 3 rings (SSSR count). The van der Waals surface area contributed by atoms with E-state index in [1.165, 1.54) is 0 Å². The summed E-state index contributed by atoms with van der Waals surface area (Å²) in [5.41, 5.74) is 1.89. The largest absolute Gasteiger partial charge is 0.360 e. The number of hydrogen-bond acceptors (Lipinski definition) is 5. The van der Waals surface area contributed by atoms with Crippen LogP contribution in [-0.2, 0) is 7.05 Å². The lowest BCUT2D eigenvalue weighted by Gasteiger charge is -2.23. The van der Waals surface area contributed by atoms with E-state index in [1.807, 2.05) is 22.3 Å². The van der Waals surface area contributed by atoms with Crippen LogP contribution in [0.1, 0.15) is 51.2 Å². The van der Waals surface area contributed by atoms with E-state index in [1.54, 1.807) is 12.5 Å². The number of fused-ring (bicyclic) bond motifs is 1. The summed E-state index contributed by atoms with van der Waals surface area (Å²) < 4.78 is 3.64. The van der Waals surface area contributed by atoms with Crippen LogP contribution < -0.4 is 5.32 Å². The first-order valence-corrected chi connectivity index (χ1v) is 7.92. The second-order valence-electron chi connectivity index (χ2n) is 6.43. The van der Waals surface area contributed by atoms with Crippen molar-refractivity contribution in [1.29, 1.82) is 0 Å². The van der Waals surface area contributed by atoms with E-state index in [-0.39, 0.29) is 6.04 Å². The molecule has 0 saturated heterocycles. The Kier molecular flexibility index (Phi) is 4.02. The van der Waals surface area contributed by atoms with Gasteiger partial charge >= 0.3 is 0 Å². The van der Waals surface area contributed by atoms with Gasteiger partial charge in [0.15, 0.2) is 5.65 Å². The van der Waals surface area contributed by atoms with Gasteiger partial charge in [-0.3, -0.25) is 4.68 Å². The van der Waals surface area contributed by atoms with Crippen molar-refractivity contribution < 1.29 is 0 Å². The zero-order valence-electron chi connectivity index (χ0n) is 14.2. The maximum atomic E-state index is 4.66. The summed E-state index contributed by atoms with van der Waals surface area (Å²) in [6, 6.07) is 4.03. The molecular formula is C16H23N7. The highest BCUT2D eigenvalue weighted by Gasteiger charge is 2.22. The second-order valence-corrected chi connectivity index (χ2v) is 6.43. The average molecular weight is 313 g/mol. The fourth-order valence-electron chi connectivity index (χ4n) is 2.61. The van der Waals surface area contributed by atoms with Gasteiger partial charge in [-0.05, 0) is 11.8 Å². The van der Waals surface area contributed by atoms with Crippen molar-refractivity contribution in [2.45, 2.75) is 39.7 Å². The number of nitrogens with one attached hydrogen (secondary N) is 1. The van der Waals surface area contributed by atoms with Gasteiger partial charge < -0.3 is 5.32 Å². The van der Waals surface area contributed by atoms with Crippen molar-refractivity contribution in [1.82, 2.24) is 29.4 Å². The molecule has 0 aliphatic carbocycles. The van der Waals surface area contributed by atoms with Crippen molar-refractivity contribution in [2.75, 3.05) is 5.32 Å². The number of hydrogen-bond donors (Lipinski definition) is 1. The first kappa shape index (κ1) is 15.5. The van der Waals surface area contributed by atoms with Gasteiger partial charge in [-0.15, -0.1) is 0 Å². The van der Waals surface area contributed by atoms with E-state index in [9.17, 15) is 0 Å². The molecule has 0 spiro atoms. The van der Waals surface area contributed by atoms with Crippen molar-refractivity contribution >= 4 is 11.5 Å². The molecule has 3 aromatic heterocycles. The molecule has 1 atom stereocenters. The third-order valence-corrected chi connectivity index (χ3v) is 3.97. The molecule has 23 heavy (non-hydrogen) atoms. The molecule has 0 bridgehead atoms. The van der Waals surface area contributed by atoms with Crippen molar-refractivity contribution in [3.63, 3.8) is 0 Å². The topological polar surface area (TPSA) is 72.9 Å². The van der Waals surface area contributed by atoms with Gasteiger partial charge in [0.25, 0.3) is 0 Å². The highest BCUT2D eigenvalue weighted by molar-refractivity contribution is 5.50. The maximum absolute atomic E-state index is 4.66. The van der Waals surface area contributed by atoms with Crippen LogP contribution in [0.2, 0.25) is 0 Å². The van der Waals surface area contributed by atoms with Gasteiger partial charge in [-0.25, -0.2) is 9.97 Å². The van der Waals surface area contributed by atoms with E-state index in [0.717, 1.165) is 23.0 Å². The molecule has 7 heteroatoms. The summed E-state index contributed by atoms with van der Waals surface area (Å²) in [7, 11) is 1.91. The zero-order valence-corrected chi connectivity index (χ0v) is 14.2. The summed E-state index contributed by atoms with van der Waals surface area (Å²) in [6.45, 7) is 8.61. The van der Waals surface area contributed by atoms with Crippen LogP contribution in [0.4, 0.5) is 5.82 Å². The predicted molar refractivity (Wildman–Crippen MR) is 89.3 cm³/mol. The monoisotopic (exact) mass is 313 g/mol. The maximum Gasteiger partial charge on any atom is 0.157 e. The van der Waals surface area contributed by atoms with Gasteiger partial charge in [-0.1, -0.05) is 27.7 Å². The Bertz CT molecular complexity index is 800. The van der Waals surface area contributed by atoms with Gasteiger partial charge in [0.05, 0.1) is 12.2 Å². The molecule has 0 saturated carbocycles. The quantitative estimate of drug-likeness (QED) is 0.784. The van der Waals surface area contributed by atoms with Crippen LogP contribution in [0.5, 0.6) is 0 Å². The molecule has 0 radical (unpaired) electrons. The minimum Gasteiger partial charge on any atom is -0.360 e. The number of rotatable bonds is 5. The van der Waals surface area contributed by atoms with Crippen LogP contribution in [-0.4, -0.2) is 29.4 Å². The standard InChI is InChI=1S/C16H23N7/c1-10(2)12-8-14(23-13(20-12)6-7-18-23)21-15(11(3)4)16-17-9-19-22(16)5/h6-11,15,21H,1-5H3/t15-/m0/s1. The molecular weight excluding hydrogens is 290 g/mol. The molecule has 3 aromatic rings. The Morgan fingerprint density at radius 1 is 1.13 bits per heavy atom. The third kappa shape index (κ3) is 2.91. The minimum absolute atomic E-state index is 0.0392. The van der Waals surface area contributed by atoms with Crippen molar-refractivity contribution in [2.24, 2.45) is 13.0 Å². The summed E-state index contributed by atoms with van der Waals surface area (Å²) in [4.78, 5) is 9.06. The molecule has 7 nitrogen and oxygen atoms in total. The number of anilines is 1. The van der Waals surface area contributed by atoms with Crippen LogP contribution in [0.25, 0.3) is 5.65 Å². The molecule has 0 aliphatic heterocycles. The summed E-state index contributed by atoms with van der Waals surface area (Å²) in [6.07, 6.45) is 3.35. The average Bonchev–Trinajstić information content (AvgIpc) is 3.12. The van der Waals surface area contributed by atoms with Crippen LogP contribution in [0, 0.1) is 5.92 Å². The summed E-state index contributed by atoms with van der Waals surface area (Å²) in [5, 5.41) is 12.2. The minimum atomic E-state index is 0.0392. The lowest BCUT2D eigenvalue weighted by Crippen LogP contribution is -2.22. The van der Waals surface area contributed by atoms with Crippen LogP contribution in [0.3, 0.4) is 0 Å². The van der Waals surface area contributed by atoms with Gasteiger partial charge in [0.2, 0.25) is 0 Å². The predicted octanol–water partition coefficient (Wildman–Crippen LogP) is 2.79. The molecule has 122 valence electrons. The van der Waals surface area contributed by atoms with Gasteiger partial charge in [0, 0.05) is 24.9 Å². The molecule has 0 aromatic carbocycles. The van der Waals surface area contributed by atoms with Gasteiger partial charge in [0.1, 0.15) is 18.0 Å². The fourth-order valence-corrected chi connectivity index (χ4v) is 2.61. The number of aromatic nitrogens is 6. The van der Waals surface area contributed by atoms with E-state index in [2.05, 4.69) is 59.2 Å². The van der Waals surface area contributed by atoms with Crippen molar-refractivity contribution in [3.05, 3.63) is 36.2 Å². The summed E-state index contributed by atoms with van der Waals surface area (Å²) in [5.74, 6) is 2.52. The SMILES string of the molecule is CC(C)c1cc(N[C@H](c2ncnn2C)C(C)C)n2nccc2n1. The smallest absolute Gasteiger partial charge is 0.157 e. The molecule has 0 aliphatic rings. The molecule has 0 amide bonds. The van der Waals surface area contributed by atoms with Gasteiger partial charge in [-0.2, -0.15) is 14.7 Å². The lowest BCUT2D eigenvalue weighted by molar-refractivity contribution is 0.495. The molecule has 1 N–H and O–H groups in total. The second kappa shape index (κ2) is 5.98. The van der Waals surface area contributed by atoms with E-state index in [4.69, 9.17) is 0 Å². The Balaban J connectivity index is 2.05. The van der Waals surface area contributed by atoms with E-state index < -0.39 is 0 Å². The number of aryl methyl sites for hydroxylation is 1. The van der Waals surface area contributed by atoms with Crippen LogP contribution in [0.15, 0.2) is 24.7 Å². The van der Waals surface area contributed by atoms with E-state index >= 15 is 0 Å². The molecule has 0 unspecified atom stereocenters.